The molecule has 0 fully saturated rings. The van der Waals surface area contributed by atoms with Gasteiger partial charge in [-0.3, -0.25) is 9.13 Å². The van der Waals surface area contributed by atoms with Crippen LogP contribution in [0.15, 0.2) is 329 Å². The fraction of sp³-hybridized carbons (Fsp3) is 0.0217. The van der Waals surface area contributed by atoms with Crippen molar-refractivity contribution in [2.75, 3.05) is 7.11 Å². The van der Waals surface area contributed by atoms with Gasteiger partial charge >= 0.3 is 19.8 Å². The average Bonchev–Trinajstić information content (AvgIpc) is 1.57. The first kappa shape index (κ1) is 67.3. The van der Waals surface area contributed by atoms with Crippen molar-refractivity contribution in [3.05, 3.63) is 331 Å². The maximum Gasteiger partial charge on any atom is 0.569 e. The number of halogens is 1. The Morgan fingerprint density at radius 1 is 0.398 bits per heavy atom. The number of carbonyl (C=O) groups excluding carboxylic acids is 3. The number of nitrogens with zero attached hydrogens (tertiary/aromatic N) is 6. The number of furan rings is 2. The molecule has 0 aliphatic carbocycles. The highest BCUT2D eigenvalue weighted by molar-refractivity contribution is 9.10. The topological polar surface area (TPSA) is 178 Å². The van der Waals surface area contributed by atoms with Crippen LogP contribution in [0.3, 0.4) is 0 Å². The standard InChI is InChI=1S/C45H29N3O.C38H23BN3O3.C8H7BrO2.CO2/c1-28-13-5-7-18-32(28)36-22-12-23-37-42-44(49-43(36)37)41(30-15-3-2-4-16-30)46-45(47-42)48-39-24-10-9-20-35(39)38-27-31(25-26-40(38)48)34-21-11-17-29-14-6-8-19-33(29)34;43-39-45-33-19-9-17-29-35-37(44-36(29)33)34(24-11-2-1-3-12-24)40-38(41-35)42-31-18-7-6-15-28(31)30-22-25(20-21-32(30)42)27-16-8-13-23-10-4-5-14-26(23)27;1-11-8(10)6-4-2-3-5-7(6)9;2-1-3/h2-27H,1H3;1-22,43H;2-5H,1H3;. The molecular weight excluding hydrogens is 1410 g/mol. The molecule has 0 saturated carbocycles. The summed E-state index contributed by atoms with van der Waals surface area (Å²) in [5.74, 6) is 1.22. The minimum atomic E-state index is -0.322. The van der Waals surface area contributed by atoms with Crippen molar-refractivity contribution in [1.82, 2.24) is 29.1 Å². The Balaban J connectivity index is 0.000000135. The molecule has 20 rings (SSSR count). The van der Waals surface area contributed by atoms with Crippen LogP contribution in [0.5, 0.6) is 5.75 Å². The average molecular weight is 1470 g/mol. The summed E-state index contributed by atoms with van der Waals surface area (Å²) < 4.78 is 28.2. The van der Waals surface area contributed by atoms with Gasteiger partial charge < -0.3 is 23.2 Å². The Labute approximate surface area is 626 Å². The van der Waals surface area contributed by atoms with Crippen LogP contribution in [0.4, 0.5) is 0 Å². The third-order valence-electron chi connectivity index (χ3n) is 19.6. The molecule has 0 aliphatic heterocycles. The fourth-order valence-corrected chi connectivity index (χ4v) is 15.2. The number of hydrogen-bond donors (Lipinski definition) is 1. The lowest BCUT2D eigenvalue weighted by molar-refractivity contribution is -0.191. The van der Waals surface area contributed by atoms with Crippen LogP contribution < -0.4 is 4.65 Å². The number of esters is 1. The zero-order valence-corrected chi connectivity index (χ0v) is 59.6. The minimum Gasteiger partial charge on any atom is -0.535 e. The minimum absolute atomic E-state index is 0.250. The molecule has 20 aromatic rings. The van der Waals surface area contributed by atoms with Crippen LogP contribution >= 0.6 is 15.9 Å². The molecule has 0 bridgehead atoms. The maximum absolute atomic E-state index is 11.0. The summed E-state index contributed by atoms with van der Waals surface area (Å²) in [4.78, 5) is 48.2. The summed E-state index contributed by atoms with van der Waals surface area (Å²) in [5, 5.41) is 20.6. The molecule has 1 N–H and O–H groups in total. The summed E-state index contributed by atoms with van der Waals surface area (Å²) in [6.45, 7) is 2.14. The molecular formula is C92H59BBrN6O8. The molecule has 14 nitrogen and oxygen atoms in total. The van der Waals surface area contributed by atoms with Gasteiger partial charge in [0.15, 0.2) is 16.7 Å². The van der Waals surface area contributed by atoms with Crippen molar-refractivity contribution in [3.8, 4) is 73.5 Å². The van der Waals surface area contributed by atoms with Crippen LogP contribution in [0.25, 0.3) is 177 Å². The van der Waals surface area contributed by atoms with E-state index in [1.807, 2.05) is 72.8 Å². The molecule has 6 aromatic heterocycles. The molecule has 0 unspecified atom stereocenters. The molecule has 0 saturated heterocycles. The van der Waals surface area contributed by atoms with E-state index >= 15 is 0 Å². The molecule has 0 aliphatic rings. The van der Waals surface area contributed by atoms with E-state index < -0.39 is 0 Å². The molecule has 14 aromatic carbocycles. The van der Waals surface area contributed by atoms with Gasteiger partial charge in [0, 0.05) is 48.1 Å². The van der Waals surface area contributed by atoms with E-state index in [4.69, 9.17) is 43.0 Å². The first-order valence-electron chi connectivity index (χ1n) is 34.8. The van der Waals surface area contributed by atoms with Crippen molar-refractivity contribution < 1.29 is 37.6 Å². The smallest absolute Gasteiger partial charge is 0.535 e. The third kappa shape index (κ3) is 12.1. The van der Waals surface area contributed by atoms with Crippen molar-refractivity contribution in [1.29, 1.82) is 0 Å². The van der Waals surface area contributed by atoms with E-state index in [2.05, 4.69) is 255 Å². The van der Waals surface area contributed by atoms with E-state index in [0.717, 1.165) is 103 Å². The quantitative estimate of drug-likeness (QED) is 0.101. The van der Waals surface area contributed by atoms with Gasteiger partial charge in [0.05, 0.1) is 40.1 Å². The van der Waals surface area contributed by atoms with Crippen LogP contribution in [0.1, 0.15) is 15.9 Å². The second-order valence-corrected chi connectivity index (χ2v) is 26.5. The van der Waals surface area contributed by atoms with E-state index in [-0.39, 0.29) is 12.1 Å². The first-order valence-corrected chi connectivity index (χ1v) is 35.6. The van der Waals surface area contributed by atoms with Crippen LogP contribution in [-0.4, -0.2) is 61.0 Å². The number of fused-ring (bicyclic) bond motifs is 14. The lowest BCUT2D eigenvalue weighted by Crippen LogP contribution is -2.02. The molecule has 1 radical (unpaired) electrons. The molecule has 0 spiro atoms. The molecule has 0 atom stereocenters. The number of methoxy groups -OCH3 is 1. The second kappa shape index (κ2) is 29.0. The van der Waals surface area contributed by atoms with Gasteiger partial charge in [0.1, 0.15) is 33.8 Å². The predicted octanol–water partition coefficient (Wildman–Crippen LogP) is 22.5. The Bertz CT molecular complexity index is 6920. The van der Waals surface area contributed by atoms with Crippen molar-refractivity contribution in [3.63, 3.8) is 0 Å². The first-order chi connectivity index (χ1) is 53.2. The highest BCUT2D eigenvalue weighted by Crippen LogP contribution is 2.45. The second-order valence-electron chi connectivity index (χ2n) is 25.7. The van der Waals surface area contributed by atoms with Gasteiger partial charge in [-0.2, -0.15) is 9.59 Å². The molecule has 108 heavy (non-hydrogen) atoms. The highest BCUT2D eigenvalue weighted by Gasteiger charge is 2.26. The number of aryl methyl sites for hydroxylation is 1. The number of carbonyl (C=O) groups is 1. The number of rotatable bonds is 10. The Morgan fingerprint density at radius 3 is 1.33 bits per heavy atom. The molecule has 16 heteroatoms. The zero-order chi connectivity index (χ0) is 73.4. The van der Waals surface area contributed by atoms with Crippen molar-refractivity contribution in [2.45, 2.75) is 6.92 Å². The van der Waals surface area contributed by atoms with E-state index in [1.54, 1.807) is 24.3 Å². The maximum atomic E-state index is 11.0. The van der Waals surface area contributed by atoms with E-state index in [0.29, 0.717) is 58.9 Å². The number of para-hydroxylation sites is 4. The largest absolute Gasteiger partial charge is 0.569 e. The predicted molar refractivity (Wildman–Crippen MR) is 433 cm³/mol. The van der Waals surface area contributed by atoms with Gasteiger partial charge in [-0.15, -0.1) is 0 Å². The highest BCUT2D eigenvalue weighted by atomic mass is 79.9. The van der Waals surface area contributed by atoms with Crippen LogP contribution in [-0.2, 0) is 14.3 Å². The SMILES string of the molecule is COC(=O)c1ccccc1Br.Cc1ccccc1-c1cccc2c1oc1c(-c3ccccc3)nc(-n3c4ccccc4c4cc(-c5cccc6ccccc56)ccc43)nc12.O=C=O.O[B]Oc1cccc2c1oc1c(-c3ccccc3)nc(-n3c4ccccc4c4cc(-c5cccc6ccccc56)ccc43)nc12. The molecule has 0 amide bonds. The molecule has 6 heterocycles. The van der Waals surface area contributed by atoms with Gasteiger partial charge in [0.25, 0.3) is 0 Å². The zero-order valence-electron chi connectivity index (χ0n) is 58.0. The molecule has 515 valence electrons. The van der Waals surface area contributed by atoms with Crippen molar-refractivity contribution in [2.24, 2.45) is 0 Å². The summed E-state index contributed by atoms with van der Waals surface area (Å²) in [6, 6.07) is 108. The van der Waals surface area contributed by atoms with Crippen molar-refractivity contribution >= 4 is 145 Å². The van der Waals surface area contributed by atoms with Gasteiger partial charge in [-0.1, -0.05) is 249 Å². The summed E-state index contributed by atoms with van der Waals surface area (Å²) >= 11 is 3.24. The van der Waals surface area contributed by atoms with Gasteiger partial charge in [-0.05, 0) is 145 Å². The number of benzene rings is 14. The Morgan fingerprint density at radius 2 is 0.806 bits per heavy atom. The summed E-state index contributed by atoms with van der Waals surface area (Å²) in [5.41, 5.74) is 20.1. The van der Waals surface area contributed by atoms with E-state index in [9.17, 15) is 9.82 Å². The number of ether oxygens (including phenoxy) is 1. The van der Waals surface area contributed by atoms with Gasteiger partial charge in [0.2, 0.25) is 11.9 Å². The van der Waals surface area contributed by atoms with Crippen LogP contribution in [0, 0.1) is 6.92 Å². The van der Waals surface area contributed by atoms with Gasteiger partial charge in [-0.25, -0.2) is 24.7 Å². The number of hydrogen-bond acceptors (Lipinski definition) is 12. The Kier molecular flexibility index (Phi) is 18.1. The summed E-state index contributed by atoms with van der Waals surface area (Å²) in [6.07, 6.45) is 0.250. The fourth-order valence-electron chi connectivity index (χ4n) is 14.7. The summed E-state index contributed by atoms with van der Waals surface area (Å²) in [7, 11) is 2.02. The third-order valence-corrected chi connectivity index (χ3v) is 20.2. The Hall–Kier alpha value is -13.9. The van der Waals surface area contributed by atoms with E-state index in [1.165, 1.54) is 50.9 Å². The monoisotopic (exact) mass is 1470 g/mol. The normalized spacial score (nSPS) is 11.2. The lowest BCUT2D eigenvalue weighted by Gasteiger charge is -2.10. The van der Waals surface area contributed by atoms with Crippen LogP contribution in [0.2, 0.25) is 0 Å². The lowest BCUT2D eigenvalue weighted by atomic mass is 9.97. The number of aromatic nitrogens is 6.